The molecule has 1 aliphatic carbocycles. The molecular weight excluding hydrogens is 272 g/mol. The van der Waals surface area contributed by atoms with Crippen molar-refractivity contribution in [2.24, 2.45) is 5.92 Å². The molecule has 1 fully saturated rings. The van der Waals surface area contributed by atoms with Gasteiger partial charge in [-0.1, -0.05) is 25.6 Å². The van der Waals surface area contributed by atoms with E-state index in [0.29, 0.717) is 11.8 Å². The van der Waals surface area contributed by atoms with Gasteiger partial charge in [0.15, 0.2) is 5.16 Å². The van der Waals surface area contributed by atoms with E-state index in [0.717, 1.165) is 24.1 Å². The molecule has 1 aliphatic rings. The van der Waals surface area contributed by atoms with E-state index in [1.165, 1.54) is 24.6 Å². The van der Waals surface area contributed by atoms with Crippen LogP contribution in [0.15, 0.2) is 5.16 Å². The summed E-state index contributed by atoms with van der Waals surface area (Å²) in [6, 6.07) is 0. The molecule has 1 saturated carbocycles. The number of nitrogens with one attached hydrogen (secondary N) is 1. The number of rotatable bonds is 7. The van der Waals surface area contributed by atoms with Crippen LogP contribution in [0.25, 0.3) is 0 Å². The van der Waals surface area contributed by atoms with Crippen LogP contribution in [0.2, 0.25) is 0 Å². The van der Waals surface area contributed by atoms with E-state index in [-0.39, 0.29) is 11.2 Å². The maximum Gasteiger partial charge on any atom is 0.233 e. The van der Waals surface area contributed by atoms with Crippen LogP contribution in [-0.4, -0.2) is 32.5 Å². The van der Waals surface area contributed by atoms with Crippen LogP contribution < -0.4 is 5.32 Å². The Bertz CT molecular complexity index is 468. The van der Waals surface area contributed by atoms with Crippen LogP contribution in [0.4, 0.5) is 0 Å². The predicted octanol–water partition coefficient (Wildman–Crippen LogP) is 2.43. The third-order valence-electron chi connectivity index (χ3n) is 3.34. The van der Waals surface area contributed by atoms with Crippen LogP contribution >= 0.6 is 11.8 Å². The summed E-state index contributed by atoms with van der Waals surface area (Å²) in [7, 11) is 0. The quantitative estimate of drug-likeness (QED) is 0.785. The van der Waals surface area contributed by atoms with Crippen molar-refractivity contribution in [3.8, 4) is 0 Å². The zero-order chi connectivity index (χ0) is 14.7. The van der Waals surface area contributed by atoms with Gasteiger partial charge in [0.05, 0.1) is 5.25 Å². The second kappa shape index (κ2) is 6.61. The number of hydrogen-bond donors (Lipinski definition) is 1. The summed E-state index contributed by atoms with van der Waals surface area (Å²) in [5.41, 5.74) is 0. The highest BCUT2D eigenvalue weighted by atomic mass is 32.2. The lowest BCUT2D eigenvalue weighted by atomic mass is 10.2. The third kappa shape index (κ3) is 3.75. The molecule has 5 nitrogen and oxygen atoms in total. The molecule has 20 heavy (non-hydrogen) atoms. The number of amides is 1. The Labute approximate surface area is 124 Å². The monoisotopic (exact) mass is 296 g/mol. The summed E-state index contributed by atoms with van der Waals surface area (Å²) in [5, 5.41) is 12.2. The molecule has 112 valence electrons. The van der Waals surface area contributed by atoms with Crippen molar-refractivity contribution in [3.63, 3.8) is 0 Å². The predicted molar refractivity (Wildman–Crippen MR) is 80.8 cm³/mol. The number of carbonyl (C=O) groups is 1. The fourth-order valence-corrected chi connectivity index (χ4v) is 2.93. The first kappa shape index (κ1) is 15.4. The molecule has 2 rings (SSSR count). The van der Waals surface area contributed by atoms with E-state index in [9.17, 15) is 4.79 Å². The van der Waals surface area contributed by atoms with Gasteiger partial charge in [-0.25, -0.2) is 0 Å². The Hall–Kier alpha value is -1.04. The van der Waals surface area contributed by atoms with Crippen LogP contribution in [-0.2, 0) is 11.3 Å². The van der Waals surface area contributed by atoms with E-state index in [2.05, 4.69) is 40.9 Å². The summed E-state index contributed by atoms with van der Waals surface area (Å²) < 4.78 is 2.15. The molecular formula is C14H24N4OS. The Morgan fingerprint density at radius 2 is 2.10 bits per heavy atom. The summed E-state index contributed by atoms with van der Waals surface area (Å²) >= 11 is 1.50. The smallest absolute Gasteiger partial charge is 0.233 e. The topological polar surface area (TPSA) is 59.8 Å². The highest BCUT2D eigenvalue weighted by Crippen LogP contribution is 2.40. The molecule has 0 spiro atoms. The van der Waals surface area contributed by atoms with Crippen molar-refractivity contribution in [3.05, 3.63) is 5.82 Å². The Kier molecular flexibility index (Phi) is 5.07. The zero-order valence-electron chi connectivity index (χ0n) is 12.7. The fourth-order valence-electron chi connectivity index (χ4n) is 1.99. The standard InChI is InChI=1S/C14H24N4OS/c1-5-18-12(11-6-7-11)16-17-14(18)20-10(4)13(19)15-8-9(2)3/h9-11H,5-8H2,1-4H3,(H,15,19). The molecule has 0 radical (unpaired) electrons. The summed E-state index contributed by atoms with van der Waals surface area (Å²) in [6.45, 7) is 9.79. The average Bonchev–Trinajstić information content (AvgIpc) is 3.17. The molecule has 0 saturated heterocycles. The maximum atomic E-state index is 12.0. The molecule has 1 unspecified atom stereocenters. The first-order valence-electron chi connectivity index (χ1n) is 7.40. The molecule has 1 amide bonds. The fraction of sp³-hybridized carbons (Fsp3) is 0.786. The van der Waals surface area contributed by atoms with Crippen LogP contribution in [0.3, 0.4) is 0 Å². The number of carbonyl (C=O) groups excluding carboxylic acids is 1. The van der Waals surface area contributed by atoms with Gasteiger partial charge in [0.2, 0.25) is 5.91 Å². The van der Waals surface area contributed by atoms with E-state index >= 15 is 0 Å². The lowest BCUT2D eigenvalue weighted by Gasteiger charge is -2.13. The minimum Gasteiger partial charge on any atom is -0.355 e. The Balaban J connectivity index is 1.96. The molecule has 1 heterocycles. The first-order valence-corrected chi connectivity index (χ1v) is 8.28. The van der Waals surface area contributed by atoms with Gasteiger partial charge in [0.1, 0.15) is 5.82 Å². The third-order valence-corrected chi connectivity index (χ3v) is 4.42. The van der Waals surface area contributed by atoms with Crippen LogP contribution in [0.5, 0.6) is 0 Å². The van der Waals surface area contributed by atoms with Crippen molar-refractivity contribution in [1.29, 1.82) is 0 Å². The molecule has 1 aromatic rings. The Morgan fingerprint density at radius 3 is 2.65 bits per heavy atom. The van der Waals surface area contributed by atoms with Crippen molar-refractivity contribution >= 4 is 17.7 Å². The molecule has 6 heteroatoms. The van der Waals surface area contributed by atoms with Gasteiger partial charge >= 0.3 is 0 Å². The van der Waals surface area contributed by atoms with E-state index in [1.807, 2.05) is 6.92 Å². The van der Waals surface area contributed by atoms with Crippen molar-refractivity contribution in [2.75, 3.05) is 6.54 Å². The molecule has 0 bridgehead atoms. The summed E-state index contributed by atoms with van der Waals surface area (Å²) in [6.07, 6.45) is 2.43. The normalized spacial score (nSPS) is 16.4. The molecule has 1 aromatic heterocycles. The Morgan fingerprint density at radius 1 is 1.40 bits per heavy atom. The molecule has 0 aliphatic heterocycles. The molecule has 0 aromatic carbocycles. The average molecular weight is 296 g/mol. The minimum atomic E-state index is -0.143. The summed E-state index contributed by atoms with van der Waals surface area (Å²) in [5.74, 6) is 2.21. The maximum absolute atomic E-state index is 12.0. The number of thioether (sulfide) groups is 1. The summed E-state index contributed by atoms with van der Waals surface area (Å²) in [4.78, 5) is 12.0. The number of nitrogens with zero attached hydrogens (tertiary/aromatic N) is 3. The van der Waals surface area contributed by atoms with E-state index in [4.69, 9.17) is 0 Å². The van der Waals surface area contributed by atoms with Gasteiger partial charge in [0.25, 0.3) is 0 Å². The van der Waals surface area contributed by atoms with Gasteiger partial charge in [-0.15, -0.1) is 10.2 Å². The van der Waals surface area contributed by atoms with Gasteiger partial charge in [-0.05, 0) is 32.6 Å². The van der Waals surface area contributed by atoms with E-state index in [1.54, 1.807) is 0 Å². The van der Waals surface area contributed by atoms with Crippen molar-refractivity contribution in [1.82, 2.24) is 20.1 Å². The second-order valence-electron chi connectivity index (χ2n) is 5.76. The lowest BCUT2D eigenvalue weighted by molar-refractivity contribution is -0.120. The van der Waals surface area contributed by atoms with Crippen molar-refractivity contribution < 1.29 is 4.79 Å². The zero-order valence-corrected chi connectivity index (χ0v) is 13.5. The number of aromatic nitrogens is 3. The lowest BCUT2D eigenvalue weighted by Crippen LogP contribution is -2.33. The van der Waals surface area contributed by atoms with Gasteiger partial charge in [-0.3, -0.25) is 4.79 Å². The SMILES string of the molecule is CCn1c(SC(C)C(=O)NCC(C)C)nnc1C1CC1. The van der Waals surface area contributed by atoms with Crippen LogP contribution in [0, 0.1) is 5.92 Å². The van der Waals surface area contributed by atoms with Crippen molar-refractivity contribution in [2.45, 2.75) is 63.4 Å². The molecule has 1 N–H and O–H groups in total. The highest BCUT2D eigenvalue weighted by molar-refractivity contribution is 8.00. The second-order valence-corrected chi connectivity index (χ2v) is 7.07. The largest absolute Gasteiger partial charge is 0.355 e. The minimum absolute atomic E-state index is 0.0716. The van der Waals surface area contributed by atoms with Gasteiger partial charge in [0, 0.05) is 19.0 Å². The van der Waals surface area contributed by atoms with Crippen LogP contribution in [0.1, 0.15) is 52.3 Å². The number of hydrogen-bond acceptors (Lipinski definition) is 4. The first-order chi connectivity index (χ1) is 9.52. The van der Waals surface area contributed by atoms with Gasteiger partial charge < -0.3 is 9.88 Å². The van der Waals surface area contributed by atoms with E-state index < -0.39 is 0 Å². The highest BCUT2D eigenvalue weighted by Gasteiger charge is 2.30. The molecule has 1 atom stereocenters. The van der Waals surface area contributed by atoms with Gasteiger partial charge in [-0.2, -0.15) is 0 Å².